The quantitative estimate of drug-likeness (QED) is 0.169. The normalized spacial score (nSPS) is 10.9. The number of pyridine rings is 2. The molecule has 0 aliphatic heterocycles. The summed E-state index contributed by atoms with van der Waals surface area (Å²) >= 11 is 3.45. The molecule has 0 unspecified atom stereocenters. The van der Waals surface area contributed by atoms with Crippen molar-refractivity contribution in [3.63, 3.8) is 0 Å². The lowest BCUT2D eigenvalue weighted by atomic mass is 9.97. The third-order valence-electron chi connectivity index (χ3n) is 8.68. The van der Waals surface area contributed by atoms with Crippen molar-refractivity contribution < 1.29 is 8.78 Å². The van der Waals surface area contributed by atoms with Gasteiger partial charge in [0.15, 0.2) is 0 Å². The topological polar surface area (TPSA) is 134 Å². The Morgan fingerprint density at radius 2 is 1.00 bits per heavy atom. The average molecular weight is 765 g/mol. The number of hydrogen-bond acceptors (Lipinski definition) is 8. The molecule has 8 rings (SSSR count). The summed E-state index contributed by atoms with van der Waals surface area (Å²) in [5, 5.41) is 1.89. The van der Waals surface area contributed by atoms with E-state index in [2.05, 4.69) is 50.7 Å². The fraction of sp³-hybridized carbons (Fsp3) is 0.0488. The number of nitrogens with two attached hydrogens (primary N) is 2. The number of fused-ring (bicyclic) bond motifs is 2. The molecule has 12 heteroatoms. The molecule has 8 aromatic rings. The van der Waals surface area contributed by atoms with Gasteiger partial charge in [0.25, 0.3) is 0 Å². The van der Waals surface area contributed by atoms with Crippen molar-refractivity contribution in [2.24, 2.45) is 0 Å². The third-order valence-corrected chi connectivity index (χ3v) is 9.32. The fourth-order valence-corrected chi connectivity index (χ4v) is 6.23. The molecular formula is C41H28BrF2N9. The number of nitrogens with zero attached hydrogens (tertiary/aromatic N) is 7. The highest BCUT2D eigenvalue weighted by Crippen LogP contribution is 2.38. The Bertz CT molecular complexity index is 2710. The predicted octanol–water partition coefficient (Wildman–Crippen LogP) is 10.1. The molecule has 0 saturated heterocycles. The lowest BCUT2D eigenvalue weighted by molar-refractivity contribution is 0.627. The summed E-state index contributed by atoms with van der Waals surface area (Å²) in [6.45, 7) is 11.2. The van der Waals surface area contributed by atoms with E-state index in [1.165, 1.54) is 30.6 Å². The molecule has 4 aromatic heterocycles. The predicted molar refractivity (Wildman–Crippen MR) is 209 cm³/mol. The first kappa shape index (κ1) is 34.7. The highest BCUT2D eigenvalue weighted by atomic mass is 79.9. The van der Waals surface area contributed by atoms with Crippen molar-refractivity contribution in [3.8, 4) is 44.8 Å². The maximum Gasteiger partial charge on any atom is 0.228 e. The Morgan fingerprint density at radius 1 is 0.566 bits per heavy atom. The lowest BCUT2D eigenvalue weighted by Crippen LogP contribution is -1.97. The summed E-state index contributed by atoms with van der Waals surface area (Å²) in [7, 11) is 0. The minimum absolute atomic E-state index is 0.147. The summed E-state index contributed by atoms with van der Waals surface area (Å²) in [6, 6.07) is 27.7. The van der Waals surface area contributed by atoms with Crippen molar-refractivity contribution in [1.29, 1.82) is 0 Å². The number of halogens is 3. The molecule has 0 saturated carbocycles. The highest BCUT2D eigenvalue weighted by molar-refractivity contribution is 9.10. The lowest BCUT2D eigenvalue weighted by Gasteiger charge is -2.13. The summed E-state index contributed by atoms with van der Waals surface area (Å²) in [5.74, 6) is -0.0925. The fourth-order valence-electron chi connectivity index (χ4n) is 5.91. The highest BCUT2D eigenvalue weighted by Gasteiger charge is 2.16. The molecule has 0 aliphatic rings. The standard InChI is InChI=1S/C21H14FN5.C20H14BrFN4/c1-12-16-9-14(5-8-18(16)26-11-25-12)17-10-19(24-2)21(23)27-20(17)13-3-6-15(22)7-4-13;1-11-15-8-13(4-7-18(15)25-10-24-11)16-9-17(21)20(23)26-19(16)12-2-5-14(22)6-3-12/h3-11H,1H3,(H2,23,27);2-10H,1H3,(H2,23,26). The van der Waals surface area contributed by atoms with Crippen LogP contribution in [0.15, 0.2) is 114 Å². The van der Waals surface area contributed by atoms with Crippen LogP contribution in [0.4, 0.5) is 26.1 Å². The van der Waals surface area contributed by atoms with Gasteiger partial charge in [-0.15, -0.1) is 0 Å². The number of anilines is 2. The van der Waals surface area contributed by atoms with E-state index in [9.17, 15) is 8.78 Å². The maximum atomic E-state index is 13.3. The van der Waals surface area contributed by atoms with Crippen LogP contribution in [0.1, 0.15) is 11.4 Å². The molecule has 0 atom stereocenters. The first-order valence-corrected chi connectivity index (χ1v) is 17.0. The van der Waals surface area contributed by atoms with E-state index in [0.29, 0.717) is 21.7 Å². The summed E-state index contributed by atoms with van der Waals surface area (Å²) in [5.41, 5.74) is 21.9. The Kier molecular flexibility index (Phi) is 9.50. The van der Waals surface area contributed by atoms with Gasteiger partial charge >= 0.3 is 0 Å². The van der Waals surface area contributed by atoms with Gasteiger partial charge in [-0.05, 0) is 131 Å². The SMILES string of the molecule is Cc1ncnc2ccc(-c3cc(Br)c(N)nc3-c3ccc(F)cc3)cc12.[C-]#[N+]c1cc(-c2ccc3ncnc(C)c3c2)c(-c2ccc(F)cc2)nc1N. The smallest absolute Gasteiger partial charge is 0.228 e. The van der Waals surface area contributed by atoms with E-state index in [1.54, 1.807) is 36.7 Å². The zero-order valence-electron chi connectivity index (χ0n) is 28.3. The molecule has 9 nitrogen and oxygen atoms in total. The number of aromatic nitrogens is 6. The number of hydrogen-bond donors (Lipinski definition) is 2. The van der Waals surface area contributed by atoms with Crippen molar-refractivity contribution in [3.05, 3.63) is 149 Å². The van der Waals surface area contributed by atoms with Crippen molar-refractivity contribution in [2.45, 2.75) is 13.8 Å². The average Bonchev–Trinajstić information content (AvgIpc) is 3.17. The molecule has 53 heavy (non-hydrogen) atoms. The summed E-state index contributed by atoms with van der Waals surface area (Å²) < 4.78 is 27.4. The summed E-state index contributed by atoms with van der Waals surface area (Å²) in [6.07, 6.45) is 3.09. The number of rotatable bonds is 4. The van der Waals surface area contributed by atoms with Crippen LogP contribution in [0.2, 0.25) is 0 Å². The van der Waals surface area contributed by atoms with Crippen LogP contribution in [0.25, 0.3) is 71.4 Å². The molecule has 0 spiro atoms. The van der Waals surface area contributed by atoms with E-state index in [-0.39, 0.29) is 23.1 Å². The van der Waals surface area contributed by atoms with E-state index < -0.39 is 0 Å². The largest absolute Gasteiger partial charge is 0.392 e. The summed E-state index contributed by atoms with van der Waals surface area (Å²) in [4.78, 5) is 29.5. The molecule has 4 heterocycles. The zero-order chi connectivity index (χ0) is 37.2. The Labute approximate surface area is 311 Å². The number of nitrogen functional groups attached to an aromatic ring is 2. The molecule has 0 bridgehead atoms. The molecular weight excluding hydrogens is 736 g/mol. The maximum absolute atomic E-state index is 13.3. The minimum Gasteiger partial charge on any atom is -0.392 e. The van der Waals surface area contributed by atoms with Gasteiger partial charge < -0.3 is 11.5 Å². The van der Waals surface area contributed by atoms with Gasteiger partial charge in [0.2, 0.25) is 5.69 Å². The monoisotopic (exact) mass is 763 g/mol. The van der Waals surface area contributed by atoms with Crippen LogP contribution >= 0.6 is 15.9 Å². The Hall–Kier alpha value is -6.71. The molecule has 0 fully saturated rings. The van der Waals surface area contributed by atoms with Crippen LogP contribution in [0.3, 0.4) is 0 Å². The second-order valence-corrected chi connectivity index (χ2v) is 12.9. The van der Waals surface area contributed by atoms with Crippen molar-refractivity contribution in [1.82, 2.24) is 29.9 Å². The van der Waals surface area contributed by atoms with Gasteiger partial charge in [-0.1, -0.05) is 12.1 Å². The van der Waals surface area contributed by atoms with Gasteiger partial charge in [0.05, 0.1) is 33.5 Å². The van der Waals surface area contributed by atoms with Gasteiger partial charge in [-0.3, -0.25) is 0 Å². The molecule has 0 amide bonds. The van der Waals surface area contributed by atoms with Crippen molar-refractivity contribution >= 4 is 55.1 Å². The molecule has 4 aromatic carbocycles. The molecule has 0 radical (unpaired) electrons. The Morgan fingerprint density at radius 3 is 1.47 bits per heavy atom. The number of benzene rings is 4. The van der Waals surface area contributed by atoms with Crippen LogP contribution < -0.4 is 11.5 Å². The molecule has 0 aliphatic carbocycles. The molecule has 258 valence electrons. The van der Waals surface area contributed by atoms with Crippen LogP contribution in [0, 0.1) is 32.1 Å². The van der Waals surface area contributed by atoms with E-state index >= 15 is 0 Å². The van der Waals surface area contributed by atoms with Crippen molar-refractivity contribution in [2.75, 3.05) is 11.5 Å². The van der Waals surface area contributed by atoms with E-state index in [0.717, 1.165) is 66.6 Å². The van der Waals surface area contributed by atoms with Crippen LogP contribution in [0.5, 0.6) is 0 Å². The van der Waals surface area contributed by atoms with Gasteiger partial charge in [-0.2, -0.15) is 0 Å². The molecule has 4 N–H and O–H groups in total. The minimum atomic E-state index is -0.329. The van der Waals surface area contributed by atoms with E-state index in [4.69, 9.17) is 18.0 Å². The first-order valence-electron chi connectivity index (χ1n) is 16.2. The van der Waals surface area contributed by atoms with Gasteiger partial charge in [0, 0.05) is 38.9 Å². The zero-order valence-corrected chi connectivity index (χ0v) is 29.9. The van der Waals surface area contributed by atoms with E-state index in [1.807, 2.05) is 56.3 Å². The third kappa shape index (κ3) is 7.11. The second-order valence-electron chi connectivity index (χ2n) is 12.0. The first-order chi connectivity index (χ1) is 25.6. The Balaban J connectivity index is 0.000000164. The van der Waals surface area contributed by atoms with Crippen LogP contribution in [-0.4, -0.2) is 29.9 Å². The number of aryl methyl sites for hydroxylation is 2. The van der Waals surface area contributed by atoms with Crippen LogP contribution in [-0.2, 0) is 0 Å². The van der Waals surface area contributed by atoms with Gasteiger partial charge in [-0.25, -0.2) is 43.5 Å². The second kappa shape index (κ2) is 14.5. The van der Waals surface area contributed by atoms with Gasteiger partial charge in [0.1, 0.15) is 35.9 Å².